The van der Waals surface area contributed by atoms with Crippen molar-refractivity contribution in [1.82, 2.24) is 24.7 Å². The van der Waals surface area contributed by atoms with Crippen molar-refractivity contribution in [1.29, 1.82) is 0 Å². The topological polar surface area (TPSA) is 88.1 Å². The molecule has 34 heavy (non-hydrogen) atoms. The second-order valence-electron chi connectivity index (χ2n) is 7.21. The predicted molar refractivity (Wildman–Crippen MR) is 131 cm³/mol. The molecule has 0 aliphatic carbocycles. The van der Waals surface area contributed by atoms with Crippen molar-refractivity contribution < 1.29 is 13.9 Å². The minimum atomic E-state index is 0.526. The van der Waals surface area contributed by atoms with Crippen LogP contribution in [0.25, 0.3) is 22.0 Å². The van der Waals surface area contributed by atoms with Gasteiger partial charge in [0.25, 0.3) is 0 Å². The molecule has 172 valence electrons. The molecule has 0 fully saturated rings. The fraction of sp³-hybridized carbons (Fsp3) is 0.167. The lowest BCUT2D eigenvalue weighted by Gasteiger charge is -2.08. The van der Waals surface area contributed by atoms with Gasteiger partial charge in [0.2, 0.25) is 0 Å². The Kier molecular flexibility index (Phi) is 6.59. The molecule has 5 aromatic rings. The number of ether oxygens (including phenoxy) is 2. The first-order chi connectivity index (χ1) is 16.7. The Morgan fingerprint density at radius 2 is 2.03 bits per heavy atom. The van der Waals surface area contributed by atoms with Crippen LogP contribution in [-0.2, 0) is 12.3 Å². The summed E-state index contributed by atoms with van der Waals surface area (Å²) in [5.41, 5.74) is 2.79. The molecule has 0 radical (unpaired) electrons. The van der Waals surface area contributed by atoms with E-state index in [1.54, 1.807) is 56.0 Å². The first kappa shape index (κ1) is 22.2. The number of hydrogen-bond acceptors (Lipinski definition) is 9. The summed E-state index contributed by atoms with van der Waals surface area (Å²) in [6.45, 7) is 0.526. The number of nitrogens with zero attached hydrogens (tertiary/aromatic N) is 5. The standard InChI is InChI=1S/C24H21N5O3S2/c1-30-18-7-8-20(21(11-18)31-2)23-26-17(14-33-23)15-34-24-28-27-22(16-5-3-9-25-12-16)29(24)13-19-6-4-10-32-19/h3-12,14H,13,15H2,1-2H3. The molecule has 4 aromatic heterocycles. The monoisotopic (exact) mass is 491 g/mol. The third-order valence-electron chi connectivity index (χ3n) is 5.07. The molecule has 0 N–H and O–H groups in total. The first-order valence-corrected chi connectivity index (χ1v) is 12.3. The highest BCUT2D eigenvalue weighted by Gasteiger charge is 2.17. The van der Waals surface area contributed by atoms with E-state index in [0.29, 0.717) is 12.3 Å². The molecule has 0 spiro atoms. The molecule has 1 aromatic carbocycles. The third-order valence-corrected chi connectivity index (χ3v) is 7.00. The highest BCUT2D eigenvalue weighted by molar-refractivity contribution is 7.98. The minimum absolute atomic E-state index is 0.526. The van der Waals surface area contributed by atoms with E-state index in [0.717, 1.165) is 50.1 Å². The second kappa shape index (κ2) is 10.1. The summed E-state index contributed by atoms with van der Waals surface area (Å²) in [4.78, 5) is 9.04. The Bertz CT molecular complexity index is 1370. The number of thiazole rings is 1. The predicted octanol–water partition coefficient (Wildman–Crippen LogP) is 5.41. The van der Waals surface area contributed by atoms with Gasteiger partial charge < -0.3 is 13.9 Å². The number of aromatic nitrogens is 5. The van der Waals surface area contributed by atoms with Crippen molar-refractivity contribution in [2.75, 3.05) is 14.2 Å². The largest absolute Gasteiger partial charge is 0.497 e. The van der Waals surface area contributed by atoms with Crippen molar-refractivity contribution in [2.24, 2.45) is 0 Å². The molecule has 0 atom stereocenters. The van der Waals surface area contributed by atoms with Gasteiger partial charge in [-0.3, -0.25) is 9.55 Å². The summed E-state index contributed by atoms with van der Waals surface area (Å²) in [5.74, 6) is 3.70. The summed E-state index contributed by atoms with van der Waals surface area (Å²) in [6, 6.07) is 13.4. The van der Waals surface area contributed by atoms with Crippen molar-refractivity contribution in [2.45, 2.75) is 17.5 Å². The number of hydrogen-bond donors (Lipinski definition) is 0. The molecule has 0 saturated heterocycles. The van der Waals surface area contributed by atoms with Crippen molar-refractivity contribution in [3.8, 4) is 33.5 Å². The summed E-state index contributed by atoms with van der Waals surface area (Å²) in [6.07, 6.45) is 5.19. The normalized spacial score (nSPS) is 11.0. The van der Waals surface area contributed by atoms with Crippen LogP contribution in [0.3, 0.4) is 0 Å². The van der Waals surface area contributed by atoms with Crippen LogP contribution in [0.5, 0.6) is 11.5 Å². The van der Waals surface area contributed by atoms with Crippen molar-refractivity contribution in [3.63, 3.8) is 0 Å². The second-order valence-corrected chi connectivity index (χ2v) is 9.01. The van der Waals surface area contributed by atoms with Crippen LogP contribution in [-0.4, -0.2) is 39.0 Å². The molecule has 0 saturated carbocycles. The molecule has 0 unspecified atom stereocenters. The van der Waals surface area contributed by atoms with E-state index in [9.17, 15) is 0 Å². The zero-order valence-corrected chi connectivity index (χ0v) is 20.2. The molecule has 5 rings (SSSR count). The number of thioether (sulfide) groups is 1. The van der Waals surface area contributed by atoms with Gasteiger partial charge in [-0.15, -0.1) is 21.5 Å². The average Bonchev–Trinajstić information content (AvgIpc) is 3.65. The highest BCUT2D eigenvalue weighted by Crippen LogP contribution is 2.36. The quantitative estimate of drug-likeness (QED) is 0.253. The van der Waals surface area contributed by atoms with E-state index in [1.165, 1.54) is 0 Å². The van der Waals surface area contributed by atoms with Crippen LogP contribution in [0.15, 0.2) is 76.1 Å². The molecule has 4 heterocycles. The SMILES string of the molecule is COc1ccc(-c2nc(CSc3nnc(-c4cccnc4)n3Cc3ccco3)cs2)c(OC)c1. The molecular formula is C24H21N5O3S2. The van der Waals surface area contributed by atoms with E-state index in [1.807, 2.05) is 47.0 Å². The van der Waals surface area contributed by atoms with Crippen LogP contribution in [0.1, 0.15) is 11.5 Å². The zero-order chi connectivity index (χ0) is 23.3. The fourth-order valence-electron chi connectivity index (χ4n) is 3.42. The van der Waals surface area contributed by atoms with Gasteiger partial charge in [-0.1, -0.05) is 11.8 Å². The maximum atomic E-state index is 5.57. The van der Waals surface area contributed by atoms with Crippen molar-refractivity contribution >= 4 is 23.1 Å². The van der Waals surface area contributed by atoms with Crippen LogP contribution in [0.4, 0.5) is 0 Å². The van der Waals surface area contributed by atoms with Gasteiger partial charge in [0, 0.05) is 35.2 Å². The Balaban J connectivity index is 1.38. The molecule has 10 heteroatoms. The average molecular weight is 492 g/mol. The zero-order valence-electron chi connectivity index (χ0n) is 18.5. The van der Waals surface area contributed by atoms with Crippen LogP contribution < -0.4 is 9.47 Å². The lowest BCUT2D eigenvalue weighted by atomic mass is 10.2. The lowest BCUT2D eigenvalue weighted by molar-refractivity contribution is 0.395. The van der Waals surface area contributed by atoms with Gasteiger partial charge in [-0.05, 0) is 36.4 Å². The smallest absolute Gasteiger partial charge is 0.192 e. The molecule has 0 aliphatic heterocycles. The Morgan fingerprint density at radius 1 is 1.09 bits per heavy atom. The summed E-state index contributed by atoms with van der Waals surface area (Å²) < 4.78 is 18.4. The van der Waals surface area contributed by atoms with E-state index in [4.69, 9.17) is 18.9 Å². The molecule has 0 amide bonds. The highest BCUT2D eigenvalue weighted by atomic mass is 32.2. The van der Waals surface area contributed by atoms with Crippen LogP contribution in [0.2, 0.25) is 0 Å². The molecule has 0 bridgehead atoms. The maximum Gasteiger partial charge on any atom is 0.192 e. The third kappa shape index (κ3) is 4.68. The van der Waals surface area contributed by atoms with Crippen LogP contribution >= 0.6 is 23.1 Å². The van der Waals surface area contributed by atoms with E-state index < -0.39 is 0 Å². The number of methoxy groups -OCH3 is 2. The number of furan rings is 1. The Hall–Kier alpha value is -3.63. The van der Waals surface area contributed by atoms with Crippen molar-refractivity contribution in [3.05, 3.63) is 78.0 Å². The fourth-order valence-corrected chi connectivity index (χ4v) is 5.20. The first-order valence-electron chi connectivity index (χ1n) is 10.4. The van der Waals surface area contributed by atoms with Gasteiger partial charge in [-0.25, -0.2) is 4.98 Å². The van der Waals surface area contributed by atoms with E-state index in [2.05, 4.69) is 20.6 Å². The summed E-state index contributed by atoms with van der Waals surface area (Å²) in [5, 5.41) is 12.6. The number of rotatable bonds is 9. The molecular weight excluding hydrogens is 470 g/mol. The number of benzene rings is 1. The van der Waals surface area contributed by atoms with E-state index in [-0.39, 0.29) is 0 Å². The van der Waals surface area contributed by atoms with Gasteiger partial charge in [0.15, 0.2) is 11.0 Å². The number of pyridine rings is 1. The molecule has 0 aliphatic rings. The van der Waals surface area contributed by atoms with Gasteiger partial charge in [0.05, 0.1) is 38.3 Å². The Morgan fingerprint density at radius 3 is 2.79 bits per heavy atom. The lowest BCUT2D eigenvalue weighted by Crippen LogP contribution is -2.03. The maximum absolute atomic E-state index is 5.57. The summed E-state index contributed by atoms with van der Waals surface area (Å²) in [7, 11) is 3.28. The summed E-state index contributed by atoms with van der Waals surface area (Å²) >= 11 is 3.16. The van der Waals surface area contributed by atoms with Gasteiger partial charge in [-0.2, -0.15) is 0 Å². The molecule has 8 nitrogen and oxygen atoms in total. The van der Waals surface area contributed by atoms with Crippen LogP contribution in [0, 0.1) is 0 Å². The van der Waals surface area contributed by atoms with E-state index >= 15 is 0 Å². The van der Waals surface area contributed by atoms with Gasteiger partial charge >= 0.3 is 0 Å². The minimum Gasteiger partial charge on any atom is -0.497 e. The van der Waals surface area contributed by atoms with Gasteiger partial charge in [0.1, 0.15) is 22.3 Å². The Labute approximate surface area is 204 Å².